The maximum Gasteiger partial charge on any atom is 0.267 e. The van der Waals surface area contributed by atoms with Crippen LogP contribution in [0.15, 0.2) is 5.10 Å². The van der Waals surface area contributed by atoms with Crippen LogP contribution in [0, 0.1) is 0 Å². The van der Waals surface area contributed by atoms with Gasteiger partial charge in [0.25, 0.3) is 5.91 Å². The molecule has 0 saturated heterocycles. The zero-order valence-electron chi connectivity index (χ0n) is 9.63. The van der Waals surface area contributed by atoms with Crippen LogP contribution in [0.5, 0.6) is 0 Å². The van der Waals surface area contributed by atoms with Crippen LogP contribution >= 0.6 is 0 Å². The standard InChI is InChI=1S/C10H17N3O2/c1-10(2,3)11-9(15)7-5-6-8(14)13(4)12-7/h5-6H2,1-4H3,(H,11,15). The summed E-state index contributed by atoms with van der Waals surface area (Å²) in [6.07, 6.45) is 0.776. The van der Waals surface area contributed by atoms with Gasteiger partial charge < -0.3 is 5.32 Å². The summed E-state index contributed by atoms with van der Waals surface area (Å²) >= 11 is 0. The monoisotopic (exact) mass is 211 g/mol. The predicted octanol–water partition coefficient (Wildman–Crippen LogP) is 0.509. The van der Waals surface area contributed by atoms with E-state index in [0.717, 1.165) is 0 Å². The van der Waals surface area contributed by atoms with Crippen LogP contribution in [0.25, 0.3) is 0 Å². The van der Waals surface area contributed by atoms with Crippen molar-refractivity contribution >= 4 is 17.5 Å². The van der Waals surface area contributed by atoms with Crippen LogP contribution in [0.4, 0.5) is 0 Å². The van der Waals surface area contributed by atoms with Gasteiger partial charge in [-0.25, -0.2) is 5.01 Å². The van der Waals surface area contributed by atoms with Crippen LogP contribution < -0.4 is 5.32 Å². The van der Waals surface area contributed by atoms with E-state index in [1.807, 2.05) is 20.8 Å². The Kier molecular flexibility index (Phi) is 3.12. The highest BCUT2D eigenvalue weighted by atomic mass is 16.2. The smallest absolute Gasteiger partial charge is 0.267 e. The Morgan fingerprint density at radius 1 is 1.40 bits per heavy atom. The number of carbonyl (C=O) groups excluding carboxylic acids is 2. The number of nitrogens with one attached hydrogen (secondary N) is 1. The van der Waals surface area contributed by atoms with Crippen LogP contribution in [0.3, 0.4) is 0 Å². The quantitative estimate of drug-likeness (QED) is 0.687. The lowest BCUT2D eigenvalue weighted by molar-refractivity contribution is -0.130. The molecule has 15 heavy (non-hydrogen) atoms. The minimum atomic E-state index is -0.278. The molecule has 84 valence electrons. The molecule has 5 heteroatoms. The molecule has 0 radical (unpaired) electrons. The van der Waals surface area contributed by atoms with Gasteiger partial charge in [0.05, 0.1) is 0 Å². The van der Waals surface area contributed by atoms with Crippen LogP contribution in [-0.4, -0.2) is 35.1 Å². The normalized spacial score (nSPS) is 17.5. The number of hydrogen-bond acceptors (Lipinski definition) is 3. The van der Waals surface area contributed by atoms with E-state index in [1.165, 1.54) is 5.01 Å². The van der Waals surface area contributed by atoms with E-state index in [1.54, 1.807) is 7.05 Å². The van der Waals surface area contributed by atoms with Crippen LogP contribution in [0.2, 0.25) is 0 Å². The Morgan fingerprint density at radius 3 is 2.47 bits per heavy atom. The molecule has 5 nitrogen and oxygen atoms in total. The second-order valence-corrected chi connectivity index (χ2v) is 4.67. The van der Waals surface area contributed by atoms with Crippen molar-refractivity contribution in [2.24, 2.45) is 5.10 Å². The summed E-state index contributed by atoms with van der Waals surface area (Å²) in [5, 5.41) is 7.98. The second kappa shape index (κ2) is 4.00. The van der Waals surface area contributed by atoms with E-state index in [4.69, 9.17) is 0 Å². The zero-order chi connectivity index (χ0) is 11.6. The molecule has 0 aromatic heterocycles. The summed E-state index contributed by atoms with van der Waals surface area (Å²) in [5.74, 6) is -0.246. The Morgan fingerprint density at radius 2 is 2.00 bits per heavy atom. The van der Waals surface area contributed by atoms with Gasteiger partial charge in [0, 0.05) is 25.4 Å². The highest BCUT2D eigenvalue weighted by molar-refractivity contribution is 6.39. The molecule has 0 saturated carbocycles. The van der Waals surface area contributed by atoms with Crippen molar-refractivity contribution in [1.29, 1.82) is 0 Å². The van der Waals surface area contributed by atoms with Crippen LogP contribution in [0.1, 0.15) is 33.6 Å². The van der Waals surface area contributed by atoms with E-state index < -0.39 is 0 Å². The molecule has 0 spiro atoms. The SMILES string of the molecule is CN1N=C(C(=O)NC(C)(C)C)CCC1=O. The highest BCUT2D eigenvalue weighted by Gasteiger charge is 2.24. The van der Waals surface area contributed by atoms with Gasteiger partial charge in [-0.2, -0.15) is 5.10 Å². The largest absolute Gasteiger partial charge is 0.346 e. The fourth-order valence-electron chi connectivity index (χ4n) is 1.25. The number of amides is 2. The average molecular weight is 211 g/mol. The van der Waals surface area contributed by atoms with Gasteiger partial charge in [0.1, 0.15) is 5.71 Å². The maximum absolute atomic E-state index is 11.7. The van der Waals surface area contributed by atoms with Crippen molar-refractivity contribution in [2.45, 2.75) is 39.2 Å². The molecule has 1 aliphatic heterocycles. The molecule has 0 fully saturated rings. The Hall–Kier alpha value is -1.39. The van der Waals surface area contributed by atoms with Crippen molar-refractivity contribution < 1.29 is 9.59 Å². The van der Waals surface area contributed by atoms with Crippen molar-refractivity contribution in [1.82, 2.24) is 10.3 Å². The molecule has 1 rings (SSSR count). The van der Waals surface area contributed by atoms with Crippen molar-refractivity contribution in [3.8, 4) is 0 Å². The van der Waals surface area contributed by atoms with Gasteiger partial charge in [-0.05, 0) is 20.8 Å². The van der Waals surface area contributed by atoms with Gasteiger partial charge in [0.15, 0.2) is 0 Å². The molecular formula is C10H17N3O2. The van der Waals surface area contributed by atoms with E-state index in [-0.39, 0.29) is 17.4 Å². The first-order valence-electron chi connectivity index (χ1n) is 4.96. The van der Waals surface area contributed by atoms with Crippen molar-refractivity contribution in [2.75, 3.05) is 7.05 Å². The molecule has 0 unspecified atom stereocenters. The molecule has 0 atom stereocenters. The molecule has 0 aromatic carbocycles. The Balaban J connectivity index is 2.69. The second-order valence-electron chi connectivity index (χ2n) is 4.67. The summed E-state index contributed by atoms with van der Waals surface area (Å²) in [6.45, 7) is 5.72. The summed E-state index contributed by atoms with van der Waals surface area (Å²) in [4.78, 5) is 22.8. The van der Waals surface area contributed by atoms with E-state index >= 15 is 0 Å². The molecule has 0 aliphatic carbocycles. The van der Waals surface area contributed by atoms with Crippen LogP contribution in [-0.2, 0) is 9.59 Å². The summed E-state index contributed by atoms with van der Waals surface area (Å²) < 4.78 is 0. The lowest BCUT2D eigenvalue weighted by atomic mass is 10.1. The molecule has 1 heterocycles. The fourth-order valence-corrected chi connectivity index (χ4v) is 1.25. The third kappa shape index (κ3) is 3.34. The van der Waals surface area contributed by atoms with Gasteiger partial charge in [-0.1, -0.05) is 0 Å². The highest BCUT2D eigenvalue weighted by Crippen LogP contribution is 2.08. The third-order valence-electron chi connectivity index (χ3n) is 1.96. The molecule has 1 aliphatic rings. The summed E-state index contributed by atoms with van der Waals surface area (Å²) in [7, 11) is 1.56. The number of rotatable bonds is 1. The van der Waals surface area contributed by atoms with Gasteiger partial charge in [-0.15, -0.1) is 0 Å². The molecule has 0 aromatic rings. The molecule has 1 N–H and O–H groups in total. The number of nitrogens with zero attached hydrogens (tertiary/aromatic N) is 2. The first-order valence-corrected chi connectivity index (χ1v) is 4.96. The number of carbonyl (C=O) groups is 2. The van der Waals surface area contributed by atoms with E-state index in [0.29, 0.717) is 18.6 Å². The van der Waals surface area contributed by atoms with E-state index in [9.17, 15) is 9.59 Å². The minimum Gasteiger partial charge on any atom is -0.346 e. The Bertz CT molecular complexity index is 315. The fraction of sp³-hybridized carbons (Fsp3) is 0.700. The lowest BCUT2D eigenvalue weighted by Gasteiger charge is -2.23. The Labute approximate surface area is 89.5 Å². The first kappa shape index (κ1) is 11.7. The number of hydrogen-bond donors (Lipinski definition) is 1. The lowest BCUT2D eigenvalue weighted by Crippen LogP contribution is -2.46. The summed E-state index contributed by atoms with van der Waals surface area (Å²) in [5.41, 5.74) is 0.145. The van der Waals surface area contributed by atoms with Crippen molar-refractivity contribution in [3.63, 3.8) is 0 Å². The number of hydrazone groups is 1. The van der Waals surface area contributed by atoms with Gasteiger partial charge in [-0.3, -0.25) is 9.59 Å². The van der Waals surface area contributed by atoms with E-state index in [2.05, 4.69) is 10.4 Å². The molecule has 2 amide bonds. The summed E-state index contributed by atoms with van der Waals surface area (Å²) in [6, 6.07) is 0. The topological polar surface area (TPSA) is 61.8 Å². The molecule has 0 bridgehead atoms. The van der Waals surface area contributed by atoms with Gasteiger partial charge >= 0.3 is 0 Å². The van der Waals surface area contributed by atoms with Gasteiger partial charge in [0.2, 0.25) is 5.91 Å². The third-order valence-corrected chi connectivity index (χ3v) is 1.96. The minimum absolute atomic E-state index is 0.0534. The van der Waals surface area contributed by atoms with Crippen molar-refractivity contribution in [3.05, 3.63) is 0 Å². The zero-order valence-corrected chi connectivity index (χ0v) is 9.63. The molecular weight excluding hydrogens is 194 g/mol. The maximum atomic E-state index is 11.7. The average Bonchev–Trinajstić information content (AvgIpc) is 2.06. The first-order chi connectivity index (χ1) is 6.79. The predicted molar refractivity (Wildman–Crippen MR) is 57.3 cm³/mol.